The van der Waals surface area contributed by atoms with E-state index in [-0.39, 0.29) is 30.1 Å². The summed E-state index contributed by atoms with van der Waals surface area (Å²) in [6.45, 7) is 4.20. The standard InChI is InChI=1S/C35H46N4O7.ClH/c1-2-3-19-39-33(44)30(31(42)25-7-5-4-6-8-25)37-34(45)35(39)17-20-38(21-18-35)23-24-9-13-27(14-10-24)46-28-15-11-26(12-16-28)32(43)36-22-29(40)41;/h9-16,25,30-31,42H,2-8,17-23H2,1H3,(H,36,43)(H,37,45)(H,40,41);1H/t30-,31-;/m1./s1. The summed E-state index contributed by atoms with van der Waals surface area (Å²) in [5.41, 5.74) is 0.555. The van der Waals surface area contributed by atoms with E-state index in [2.05, 4.69) is 22.5 Å². The van der Waals surface area contributed by atoms with Crippen molar-refractivity contribution in [3.05, 3.63) is 59.7 Å². The van der Waals surface area contributed by atoms with Crippen LogP contribution in [0.4, 0.5) is 0 Å². The molecule has 12 heteroatoms. The Labute approximate surface area is 282 Å². The molecule has 2 aromatic rings. The molecule has 0 unspecified atom stereocenters. The number of piperazine rings is 1. The number of hydrogen-bond acceptors (Lipinski definition) is 7. The fourth-order valence-electron chi connectivity index (χ4n) is 7.03. The topological polar surface area (TPSA) is 149 Å². The number of carbonyl (C=O) groups excluding carboxylic acids is 3. The first-order chi connectivity index (χ1) is 22.2. The van der Waals surface area contributed by atoms with Crippen molar-refractivity contribution in [2.24, 2.45) is 5.92 Å². The zero-order valence-electron chi connectivity index (χ0n) is 27.0. The second-order valence-corrected chi connectivity index (χ2v) is 12.8. The number of amides is 3. The molecule has 4 N–H and O–H groups in total. The van der Waals surface area contributed by atoms with Crippen LogP contribution < -0.4 is 15.4 Å². The first kappa shape index (κ1) is 36.2. The summed E-state index contributed by atoms with van der Waals surface area (Å²) in [5.74, 6) is -0.603. The Morgan fingerprint density at radius 1 is 1.00 bits per heavy atom. The normalized spacial score (nSPS) is 20.6. The lowest BCUT2D eigenvalue weighted by Crippen LogP contribution is -2.75. The zero-order valence-corrected chi connectivity index (χ0v) is 27.8. The molecule has 0 radical (unpaired) electrons. The number of halogens is 1. The average Bonchev–Trinajstić information content (AvgIpc) is 3.07. The third-order valence-electron chi connectivity index (χ3n) is 9.73. The van der Waals surface area contributed by atoms with Gasteiger partial charge in [0, 0.05) is 31.7 Å². The van der Waals surface area contributed by atoms with Crippen molar-refractivity contribution in [3.63, 3.8) is 0 Å². The van der Waals surface area contributed by atoms with Crippen LogP contribution >= 0.6 is 12.4 Å². The van der Waals surface area contributed by atoms with Crippen LogP contribution in [0.2, 0.25) is 0 Å². The second kappa shape index (κ2) is 16.4. The van der Waals surface area contributed by atoms with Crippen LogP contribution in [0, 0.1) is 5.92 Å². The van der Waals surface area contributed by atoms with Crippen molar-refractivity contribution in [2.45, 2.75) is 88.9 Å². The molecular weight excluding hydrogens is 624 g/mol. The number of nitrogens with one attached hydrogen (secondary N) is 2. The quantitative estimate of drug-likeness (QED) is 0.264. The molecule has 2 aliphatic heterocycles. The van der Waals surface area contributed by atoms with Crippen molar-refractivity contribution >= 4 is 36.1 Å². The molecule has 2 atom stereocenters. The van der Waals surface area contributed by atoms with Gasteiger partial charge in [-0.25, -0.2) is 0 Å². The monoisotopic (exact) mass is 670 g/mol. The molecule has 0 bridgehead atoms. The molecule has 3 fully saturated rings. The molecule has 2 heterocycles. The number of carboxylic acids is 1. The van der Waals surface area contributed by atoms with Crippen molar-refractivity contribution < 1.29 is 34.1 Å². The number of aliphatic hydroxyl groups is 1. The van der Waals surface area contributed by atoms with Gasteiger partial charge in [-0.1, -0.05) is 44.7 Å². The summed E-state index contributed by atoms with van der Waals surface area (Å²) >= 11 is 0. The Kier molecular flexibility index (Phi) is 12.6. The van der Waals surface area contributed by atoms with Crippen molar-refractivity contribution in [1.82, 2.24) is 20.4 Å². The molecule has 0 aromatic heterocycles. The van der Waals surface area contributed by atoms with Gasteiger partial charge in [0.25, 0.3) is 5.91 Å². The Morgan fingerprint density at radius 2 is 1.62 bits per heavy atom. The number of rotatable bonds is 12. The zero-order chi connectivity index (χ0) is 32.7. The average molecular weight is 671 g/mol. The molecule has 1 spiro atoms. The molecule has 256 valence electrons. The van der Waals surface area contributed by atoms with E-state index in [1.807, 2.05) is 29.2 Å². The van der Waals surface area contributed by atoms with Gasteiger partial charge in [-0.05, 0) is 80.0 Å². The maximum Gasteiger partial charge on any atom is 0.322 e. The SMILES string of the molecule is CCCCN1C(=O)[C@@H]([C@H](O)C2CCCCC2)NC(=O)C12CCN(Cc1ccc(Oc3ccc(C(=O)NCC(=O)O)cc3)cc1)CC2.Cl. The van der Waals surface area contributed by atoms with Crippen LogP contribution in [0.15, 0.2) is 48.5 Å². The molecule has 47 heavy (non-hydrogen) atoms. The number of carbonyl (C=O) groups is 4. The van der Waals surface area contributed by atoms with E-state index in [0.717, 1.165) is 50.5 Å². The second-order valence-electron chi connectivity index (χ2n) is 12.8. The third kappa shape index (κ3) is 8.63. The number of nitrogens with zero attached hydrogens (tertiary/aromatic N) is 2. The summed E-state index contributed by atoms with van der Waals surface area (Å²) < 4.78 is 5.92. The number of aliphatic hydroxyl groups excluding tert-OH is 1. The van der Waals surface area contributed by atoms with Gasteiger partial charge in [0.1, 0.15) is 29.6 Å². The van der Waals surface area contributed by atoms with Crippen LogP contribution in [-0.2, 0) is 20.9 Å². The molecular formula is C35H47ClN4O7. The maximum atomic E-state index is 13.9. The van der Waals surface area contributed by atoms with Gasteiger partial charge in [0.05, 0.1) is 6.10 Å². The van der Waals surface area contributed by atoms with E-state index < -0.39 is 36.1 Å². The molecule has 11 nitrogen and oxygen atoms in total. The number of piperidine rings is 1. The largest absolute Gasteiger partial charge is 0.480 e. The maximum absolute atomic E-state index is 13.9. The van der Waals surface area contributed by atoms with Crippen LogP contribution in [0.1, 0.15) is 80.6 Å². The fraction of sp³-hybridized carbons (Fsp3) is 0.543. The summed E-state index contributed by atoms with van der Waals surface area (Å²) in [6, 6.07) is 13.4. The Bertz CT molecular complexity index is 1370. The van der Waals surface area contributed by atoms with Gasteiger partial charge in [0.2, 0.25) is 11.8 Å². The Balaban J connectivity index is 0.00000500. The molecule has 2 saturated heterocycles. The van der Waals surface area contributed by atoms with E-state index >= 15 is 0 Å². The highest BCUT2D eigenvalue weighted by molar-refractivity contribution is 6.00. The molecule has 3 amide bonds. The number of unbranched alkanes of at least 4 members (excludes halogenated alkanes) is 1. The van der Waals surface area contributed by atoms with Crippen molar-refractivity contribution in [3.8, 4) is 11.5 Å². The van der Waals surface area contributed by atoms with Crippen molar-refractivity contribution in [1.29, 1.82) is 0 Å². The minimum atomic E-state index is -1.11. The smallest absolute Gasteiger partial charge is 0.322 e. The molecule has 1 aliphatic carbocycles. The third-order valence-corrected chi connectivity index (χ3v) is 9.73. The number of ether oxygens (including phenoxy) is 1. The summed E-state index contributed by atoms with van der Waals surface area (Å²) in [5, 5.41) is 25.2. The van der Waals surface area contributed by atoms with Gasteiger partial charge in [0.15, 0.2) is 0 Å². The van der Waals surface area contributed by atoms with Gasteiger partial charge in [-0.2, -0.15) is 0 Å². The van der Waals surface area contributed by atoms with Gasteiger partial charge >= 0.3 is 5.97 Å². The number of carboxylic acid groups (broad SMARTS) is 1. The Morgan fingerprint density at radius 3 is 2.21 bits per heavy atom. The van der Waals surface area contributed by atoms with Crippen LogP contribution in [0.5, 0.6) is 11.5 Å². The van der Waals surface area contributed by atoms with E-state index in [0.29, 0.717) is 56.1 Å². The van der Waals surface area contributed by atoms with E-state index in [9.17, 15) is 24.3 Å². The van der Waals surface area contributed by atoms with Crippen LogP contribution in [0.25, 0.3) is 0 Å². The lowest BCUT2D eigenvalue weighted by Gasteiger charge is -2.52. The summed E-state index contributed by atoms with van der Waals surface area (Å²) in [7, 11) is 0. The first-order valence-corrected chi connectivity index (χ1v) is 16.6. The number of hydrogen-bond donors (Lipinski definition) is 4. The van der Waals surface area contributed by atoms with Gasteiger partial charge in [-0.3, -0.25) is 24.1 Å². The highest BCUT2D eigenvalue weighted by Crippen LogP contribution is 2.36. The predicted molar refractivity (Wildman–Crippen MR) is 179 cm³/mol. The lowest BCUT2D eigenvalue weighted by molar-refractivity contribution is -0.166. The summed E-state index contributed by atoms with van der Waals surface area (Å²) in [4.78, 5) is 54.4. The van der Waals surface area contributed by atoms with E-state index in [1.54, 1.807) is 24.3 Å². The molecule has 2 aromatic carbocycles. The highest BCUT2D eigenvalue weighted by Gasteiger charge is 2.55. The summed E-state index contributed by atoms with van der Waals surface area (Å²) in [6.07, 6.45) is 7.04. The number of likely N-dealkylation sites (tertiary alicyclic amines) is 1. The highest BCUT2D eigenvalue weighted by atomic mass is 35.5. The lowest BCUT2D eigenvalue weighted by atomic mass is 9.78. The number of benzene rings is 2. The van der Waals surface area contributed by atoms with Gasteiger partial charge in [-0.15, -0.1) is 12.4 Å². The number of aliphatic carboxylic acids is 1. The van der Waals surface area contributed by atoms with Gasteiger partial charge < -0.3 is 30.5 Å². The van der Waals surface area contributed by atoms with Crippen molar-refractivity contribution in [2.75, 3.05) is 26.2 Å². The Hall–Kier alpha value is -3.67. The van der Waals surface area contributed by atoms with Crippen LogP contribution in [-0.4, -0.2) is 87.6 Å². The molecule has 3 aliphatic rings. The minimum absolute atomic E-state index is 0. The van der Waals surface area contributed by atoms with Crippen LogP contribution in [0.3, 0.4) is 0 Å². The van der Waals surface area contributed by atoms with E-state index in [1.165, 1.54) is 0 Å². The first-order valence-electron chi connectivity index (χ1n) is 16.6. The molecule has 5 rings (SSSR count). The van der Waals surface area contributed by atoms with E-state index in [4.69, 9.17) is 9.84 Å². The minimum Gasteiger partial charge on any atom is -0.480 e. The fourth-order valence-corrected chi connectivity index (χ4v) is 7.03. The molecule has 1 saturated carbocycles. The predicted octanol–water partition coefficient (Wildman–Crippen LogP) is 4.12.